The fourth-order valence-electron chi connectivity index (χ4n) is 4.61. The van der Waals surface area contributed by atoms with E-state index in [0.717, 1.165) is 47.7 Å². The zero-order valence-electron chi connectivity index (χ0n) is 15.4. The van der Waals surface area contributed by atoms with Crippen LogP contribution >= 0.6 is 0 Å². The number of hydrogen-bond acceptors (Lipinski definition) is 2. The van der Waals surface area contributed by atoms with E-state index in [9.17, 15) is 9.30 Å². The molecule has 1 aliphatic heterocycles. The molecule has 1 saturated heterocycles. The third-order valence-corrected chi connectivity index (χ3v) is 6.06. The van der Waals surface area contributed by atoms with E-state index >= 15 is 0 Å². The number of fused-ring (bicyclic) bond motifs is 2. The fourth-order valence-corrected chi connectivity index (χ4v) is 4.61. The Morgan fingerprint density at radius 2 is 1.96 bits per heavy atom. The lowest BCUT2D eigenvalue weighted by atomic mass is 9.98. The number of aromatic nitrogens is 3. The summed E-state index contributed by atoms with van der Waals surface area (Å²) < 4.78 is 17.1. The van der Waals surface area contributed by atoms with Crippen LogP contribution in [-0.4, -0.2) is 17.8 Å². The third-order valence-electron chi connectivity index (χ3n) is 6.06. The van der Waals surface area contributed by atoms with Gasteiger partial charge >= 0.3 is 5.95 Å². The number of anilines is 1. The normalized spacial score (nSPS) is 19.0. The predicted molar refractivity (Wildman–Crippen MR) is 101 cm³/mol. The van der Waals surface area contributed by atoms with Crippen molar-refractivity contribution in [1.29, 1.82) is 0 Å². The summed E-state index contributed by atoms with van der Waals surface area (Å²) in [5, 5.41) is 3.24. The first-order valence-corrected chi connectivity index (χ1v) is 9.61. The van der Waals surface area contributed by atoms with Gasteiger partial charge in [-0.3, -0.25) is 0 Å². The molecule has 1 atom stereocenters. The van der Waals surface area contributed by atoms with Crippen LogP contribution in [0.4, 0.5) is 10.3 Å². The van der Waals surface area contributed by atoms with Gasteiger partial charge in [-0.2, -0.15) is 9.58 Å². The number of H-pyrrole nitrogens is 1. The molecule has 2 aliphatic rings. The number of benzene rings is 2. The minimum Gasteiger partial charge on any atom is -0.207 e. The largest absolute Gasteiger partial charge is 0.592 e. The van der Waals surface area contributed by atoms with Crippen molar-refractivity contribution >= 4 is 17.0 Å². The minimum atomic E-state index is -0.164. The standard InChI is InChI=1S/C21H22FN4O/c1-24-19-11-14-5-4-6-15(14)12-20(19)26(27)21(23-24)25-10-9-16(13-25)17-7-2-3-8-18(17)22/h2-3,7-8,11-12,16H,4-6,9-10,13H2,1H3/q+1/p+1. The molecular weight excluding hydrogens is 343 g/mol. The van der Waals surface area contributed by atoms with E-state index in [1.54, 1.807) is 6.07 Å². The highest BCUT2D eigenvalue weighted by atomic mass is 19.1. The average molecular weight is 366 g/mol. The van der Waals surface area contributed by atoms with Gasteiger partial charge in [0, 0.05) is 18.4 Å². The minimum absolute atomic E-state index is 0.0978. The van der Waals surface area contributed by atoms with Crippen molar-refractivity contribution in [3.63, 3.8) is 0 Å². The first kappa shape index (κ1) is 16.4. The van der Waals surface area contributed by atoms with E-state index in [-0.39, 0.29) is 11.7 Å². The first-order chi connectivity index (χ1) is 13.1. The molecule has 1 aromatic heterocycles. The molecule has 0 bridgehead atoms. The van der Waals surface area contributed by atoms with Gasteiger partial charge in [0.2, 0.25) is 5.52 Å². The second kappa shape index (κ2) is 6.15. The molecule has 1 N–H and O–H groups in total. The van der Waals surface area contributed by atoms with Crippen molar-refractivity contribution < 1.29 is 13.9 Å². The molecule has 5 rings (SSSR count). The summed E-state index contributed by atoms with van der Waals surface area (Å²) in [6.07, 6.45) is 4.12. The Morgan fingerprint density at radius 1 is 1.19 bits per heavy atom. The van der Waals surface area contributed by atoms with Crippen molar-refractivity contribution in [3.05, 3.63) is 63.8 Å². The maximum Gasteiger partial charge on any atom is 0.592 e. The quantitative estimate of drug-likeness (QED) is 0.655. The Bertz CT molecular complexity index is 1110. The number of rotatable bonds is 2. The number of nitrogens with one attached hydrogen (secondary N) is 1. The summed E-state index contributed by atoms with van der Waals surface area (Å²) in [7, 11) is 1.94. The van der Waals surface area contributed by atoms with Gasteiger partial charge < -0.3 is 0 Å². The van der Waals surface area contributed by atoms with Gasteiger partial charge in [0.1, 0.15) is 28.9 Å². The first-order valence-electron chi connectivity index (χ1n) is 9.61. The van der Waals surface area contributed by atoms with Crippen LogP contribution in [0.2, 0.25) is 0 Å². The third kappa shape index (κ3) is 2.62. The van der Waals surface area contributed by atoms with Crippen LogP contribution in [0.1, 0.15) is 35.4 Å². The van der Waals surface area contributed by atoms with E-state index in [1.165, 1.54) is 17.2 Å². The summed E-state index contributed by atoms with van der Waals surface area (Å²) in [5.74, 6) is 0.463. The Morgan fingerprint density at radius 3 is 2.78 bits per heavy atom. The molecule has 27 heavy (non-hydrogen) atoms. The van der Waals surface area contributed by atoms with Gasteiger partial charge in [0.05, 0.1) is 7.05 Å². The molecule has 138 valence electrons. The maximum atomic E-state index is 14.2. The fraction of sp³-hybridized carbons (Fsp3) is 0.381. The zero-order chi connectivity index (χ0) is 18.5. The van der Waals surface area contributed by atoms with Gasteiger partial charge in [-0.05, 0) is 53.0 Å². The van der Waals surface area contributed by atoms with Crippen molar-refractivity contribution in [1.82, 2.24) is 4.68 Å². The summed E-state index contributed by atoms with van der Waals surface area (Å²) in [6.45, 7) is 1.37. The van der Waals surface area contributed by atoms with Crippen LogP contribution in [0.3, 0.4) is 0 Å². The van der Waals surface area contributed by atoms with Crippen LogP contribution in [0, 0.1) is 10.7 Å². The lowest BCUT2D eigenvalue weighted by Crippen LogP contribution is -2.43. The zero-order valence-corrected chi connectivity index (χ0v) is 15.4. The smallest absolute Gasteiger partial charge is 0.207 e. The molecule has 3 aromatic rings. The van der Waals surface area contributed by atoms with Gasteiger partial charge in [-0.1, -0.05) is 23.3 Å². The van der Waals surface area contributed by atoms with Crippen molar-refractivity contribution in [2.45, 2.75) is 31.6 Å². The summed E-state index contributed by atoms with van der Waals surface area (Å²) in [5.41, 5.74) is 4.98. The highest BCUT2D eigenvalue weighted by Gasteiger charge is 2.40. The van der Waals surface area contributed by atoms with E-state index in [2.05, 4.69) is 11.2 Å². The lowest BCUT2D eigenvalue weighted by Gasteiger charge is -2.09. The summed E-state index contributed by atoms with van der Waals surface area (Å²) in [4.78, 5) is 15.2. The van der Waals surface area contributed by atoms with E-state index in [0.29, 0.717) is 18.0 Å². The summed E-state index contributed by atoms with van der Waals surface area (Å²) >= 11 is 0. The molecule has 0 spiro atoms. The van der Waals surface area contributed by atoms with E-state index in [4.69, 9.17) is 0 Å². The second-order valence-electron chi connectivity index (χ2n) is 7.71. The topological polar surface area (TPSA) is 45.3 Å². The van der Waals surface area contributed by atoms with E-state index < -0.39 is 0 Å². The highest BCUT2D eigenvalue weighted by Crippen LogP contribution is 2.30. The number of nitrogens with zero attached hydrogens (tertiary/aromatic N) is 3. The van der Waals surface area contributed by atoms with Gasteiger partial charge in [0.25, 0.3) is 0 Å². The monoisotopic (exact) mass is 366 g/mol. The molecule has 2 heterocycles. The Balaban J connectivity index is 1.54. The lowest BCUT2D eigenvalue weighted by molar-refractivity contribution is -0.596. The van der Waals surface area contributed by atoms with Crippen molar-refractivity contribution in [3.8, 4) is 0 Å². The number of aromatic amines is 1. The van der Waals surface area contributed by atoms with Gasteiger partial charge in [-0.15, -0.1) is 0 Å². The number of aryl methyl sites for hydroxylation is 3. The molecule has 2 aromatic carbocycles. The Labute approximate surface area is 156 Å². The van der Waals surface area contributed by atoms with Crippen LogP contribution in [0.5, 0.6) is 0 Å². The van der Waals surface area contributed by atoms with Crippen LogP contribution in [0.15, 0.2) is 36.4 Å². The van der Waals surface area contributed by atoms with Crippen LogP contribution < -0.4 is 14.4 Å². The molecule has 1 unspecified atom stereocenters. The molecular formula is C21H23FN4O+2. The highest BCUT2D eigenvalue weighted by molar-refractivity contribution is 5.74. The Kier molecular flexibility index (Phi) is 3.74. The molecule has 1 aliphatic carbocycles. The van der Waals surface area contributed by atoms with E-state index in [1.807, 2.05) is 34.8 Å². The van der Waals surface area contributed by atoms with Crippen LogP contribution in [-0.2, 0) is 19.9 Å². The molecule has 5 nitrogen and oxygen atoms in total. The second-order valence-corrected chi connectivity index (χ2v) is 7.71. The van der Waals surface area contributed by atoms with Crippen molar-refractivity contribution in [2.75, 3.05) is 18.0 Å². The number of halogens is 1. The molecule has 6 heteroatoms. The van der Waals surface area contributed by atoms with Gasteiger partial charge in [-0.25, -0.2) is 4.39 Å². The molecule has 0 radical (unpaired) electrons. The number of hydrogen-bond donors (Lipinski definition) is 0. The molecule has 1 fully saturated rings. The van der Waals surface area contributed by atoms with Gasteiger partial charge in [0.15, 0.2) is 0 Å². The molecule has 0 saturated carbocycles. The van der Waals surface area contributed by atoms with Crippen LogP contribution in [0.25, 0.3) is 11.0 Å². The molecule has 0 amide bonds. The maximum absolute atomic E-state index is 14.2. The Hall–Kier alpha value is -2.76. The SMILES string of the molecule is Cn1[nH+]c(N2CCC(c3ccccc3F)C2)[n+](=O)c2cc3c(cc21)CCC3. The van der Waals surface area contributed by atoms with Crippen molar-refractivity contribution in [2.24, 2.45) is 7.05 Å². The summed E-state index contributed by atoms with van der Waals surface area (Å²) in [6, 6.07) is 11.1. The average Bonchev–Trinajstić information content (AvgIpc) is 3.33. The predicted octanol–water partition coefficient (Wildman–Crippen LogP) is 2.53.